The van der Waals surface area contributed by atoms with Gasteiger partial charge < -0.3 is 4.98 Å². The Labute approximate surface area is 125 Å². The minimum Gasteiger partial charge on any atom is -0.333 e. The van der Waals surface area contributed by atoms with Crippen molar-refractivity contribution in [2.24, 2.45) is 0 Å². The summed E-state index contributed by atoms with van der Waals surface area (Å²) >= 11 is 13.9. The second kappa shape index (κ2) is 5.45. The molecule has 0 spiro atoms. The standard InChI is InChI=1S/C14H10Cl2N2S/c15-10-4-3-5-11(16)9(10)8-19-14-17-12-6-1-2-7-13(12)18-14/h1-7H,8H2,(H,17,18). The molecule has 1 N–H and O–H groups in total. The normalized spacial score (nSPS) is 11.1. The number of para-hydroxylation sites is 2. The van der Waals surface area contributed by atoms with Gasteiger partial charge in [0.15, 0.2) is 5.16 Å². The van der Waals surface area contributed by atoms with E-state index >= 15 is 0 Å². The topological polar surface area (TPSA) is 28.7 Å². The quantitative estimate of drug-likeness (QED) is 0.677. The Hall–Kier alpha value is -1.16. The Balaban J connectivity index is 1.82. The number of hydrogen-bond acceptors (Lipinski definition) is 2. The van der Waals surface area contributed by atoms with Crippen LogP contribution in [-0.4, -0.2) is 9.97 Å². The van der Waals surface area contributed by atoms with Crippen molar-refractivity contribution in [1.29, 1.82) is 0 Å². The summed E-state index contributed by atoms with van der Waals surface area (Å²) in [5.41, 5.74) is 2.95. The molecule has 2 nitrogen and oxygen atoms in total. The number of aromatic nitrogens is 2. The number of fused-ring (bicyclic) bond motifs is 1. The molecule has 1 heterocycles. The van der Waals surface area contributed by atoms with Crippen molar-refractivity contribution in [2.45, 2.75) is 10.9 Å². The number of halogens is 2. The van der Waals surface area contributed by atoms with E-state index in [0.717, 1.165) is 21.8 Å². The van der Waals surface area contributed by atoms with E-state index in [0.29, 0.717) is 15.8 Å². The van der Waals surface area contributed by atoms with Crippen LogP contribution in [0, 0.1) is 0 Å². The van der Waals surface area contributed by atoms with Gasteiger partial charge >= 0.3 is 0 Å². The summed E-state index contributed by atoms with van der Waals surface area (Å²) < 4.78 is 0. The molecule has 1 aromatic heterocycles. The SMILES string of the molecule is Clc1cccc(Cl)c1CSc1nc2ccccc2[nH]1. The van der Waals surface area contributed by atoms with Gasteiger partial charge in [0.05, 0.1) is 11.0 Å². The summed E-state index contributed by atoms with van der Waals surface area (Å²) in [4.78, 5) is 7.78. The van der Waals surface area contributed by atoms with E-state index < -0.39 is 0 Å². The van der Waals surface area contributed by atoms with Gasteiger partial charge in [0.2, 0.25) is 0 Å². The summed E-state index contributed by atoms with van der Waals surface area (Å²) in [7, 11) is 0. The summed E-state index contributed by atoms with van der Waals surface area (Å²) in [6.45, 7) is 0. The first-order chi connectivity index (χ1) is 9.24. The van der Waals surface area contributed by atoms with Crippen LogP contribution in [0.15, 0.2) is 47.6 Å². The molecule has 0 fully saturated rings. The van der Waals surface area contributed by atoms with E-state index in [2.05, 4.69) is 9.97 Å². The molecule has 0 aliphatic rings. The molecule has 2 aromatic carbocycles. The lowest BCUT2D eigenvalue weighted by Gasteiger charge is -2.04. The molecule has 5 heteroatoms. The lowest BCUT2D eigenvalue weighted by molar-refractivity contribution is 1.08. The Morgan fingerprint density at radius 3 is 2.47 bits per heavy atom. The number of imidazole rings is 1. The maximum atomic E-state index is 6.15. The zero-order valence-electron chi connectivity index (χ0n) is 9.86. The van der Waals surface area contributed by atoms with Crippen molar-refractivity contribution in [3.8, 4) is 0 Å². The van der Waals surface area contributed by atoms with Gasteiger partial charge in [0.25, 0.3) is 0 Å². The Morgan fingerprint density at radius 1 is 1.00 bits per heavy atom. The first-order valence-electron chi connectivity index (χ1n) is 5.74. The van der Waals surface area contributed by atoms with E-state index in [1.165, 1.54) is 0 Å². The summed E-state index contributed by atoms with van der Waals surface area (Å²) in [5.74, 6) is 0.693. The number of benzene rings is 2. The van der Waals surface area contributed by atoms with Crippen LogP contribution in [0.25, 0.3) is 11.0 Å². The minimum absolute atomic E-state index is 0.691. The number of aromatic amines is 1. The molecule has 0 saturated heterocycles. The molecule has 0 saturated carbocycles. The van der Waals surface area contributed by atoms with Gasteiger partial charge in [-0.25, -0.2) is 4.98 Å². The van der Waals surface area contributed by atoms with Crippen LogP contribution in [0.1, 0.15) is 5.56 Å². The lowest BCUT2D eigenvalue weighted by Crippen LogP contribution is -1.85. The van der Waals surface area contributed by atoms with E-state index in [1.807, 2.05) is 42.5 Å². The summed E-state index contributed by atoms with van der Waals surface area (Å²) in [5, 5.41) is 2.25. The first-order valence-corrected chi connectivity index (χ1v) is 7.48. The average Bonchev–Trinajstić information content (AvgIpc) is 2.81. The van der Waals surface area contributed by atoms with Crippen LogP contribution in [0.3, 0.4) is 0 Å². The van der Waals surface area contributed by atoms with Gasteiger partial charge in [0.1, 0.15) is 0 Å². The van der Waals surface area contributed by atoms with Gasteiger partial charge in [-0.1, -0.05) is 53.2 Å². The highest BCUT2D eigenvalue weighted by Gasteiger charge is 2.08. The maximum Gasteiger partial charge on any atom is 0.166 e. The number of hydrogen-bond donors (Lipinski definition) is 1. The van der Waals surface area contributed by atoms with Crippen LogP contribution in [0.4, 0.5) is 0 Å². The number of nitrogens with zero attached hydrogens (tertiary/aromatic N) is 1. The molecule has 0 bridgehead atoms. The molecule has 3 aromatic rings. The third-order valence-corrected chi connectivity index (χ3v) is 4.39. The van der Waals surface area contributed by atoms with Crippen LogP contribution in [-0.2, 0) is 5.75 Å². The Bertz CT molecular complexity index is 671. The fourth-order valence-electron chi connectivity index (χ4n) is 1.81. The molecule has 96 valence electrons. The highest BCUT2D eigenvalue weighted by atomic mass is 35.5. The first kappa shape index (κ1) is 12.9. The Kier molecular flexibility index (Phi) is 3.69. The number of rotatable bonds is 3. The van der Waals surface area contributed by atoms with Crippen molar-refractivity contribution < 1.29 is 0 Å². The lowest BCUT2D eigenvalue weighted by atomic mass is 10.2. The zero-order chi connectivity index (χ0) is 13.2. The highest BCUT2D eigenvalue weighted by Crippen LogP contribution is 2.31. The molecule has 0 radical (unpaired) electrons. The maximum absolute atomic E-state index is 6.15. The fraction of sp³-hybridized carbons (Fsp3) is 0.0714. The van der Waals surface area contributed by atoms with E-state index in [-0.39, 0.29) is 0 Å². The monoisotopic (exact) mass is 308 g/mol. The molecule has 0 aliphatic carbocycles. The third kappa shape index (κ3) is 2.73. The van der Waals surface area contributed by atoms with Crippen LogP contribution >= 0.6 is 35.0 Å². The van der Waals surface area contributed by atoms with E-state index in [1.54, 1.807) is 11.8 Å². The number of nitrogens with one attached hydrogen (secondary N) is 1. The second-order valence-electron chi connectivity index (χ2n) is 4.05. The molecule has 0 unspecified atom stereocenters. The van der Waals surface area contributed by atoms with Gasteiger partial charge in [-0.05, 0) is 29.8 Å². The number of H-pyrrole nitrogens is 1. The van der Waals surface area contributed by atoms with Crippen molar-refractivity contribution in [1.82, 2.24) is 9.97 Å². The molecule has 0 aliphatic heterocycles. The van der Waals surface area contributed by atoms with Crippen LogP contribution < -0.4 is 0 Å². The summed E-state index contributed by atoms with van der Waals surface area (Å²) in [6, 6.07) is 13.5. The van der Waals surface area contributed by atoms with Crippen molar-refractivity contribution >= 4 is 46.0 Å². The Morgan fingerprint density at radius 2 is 1.74 bits per heavy atom. The van der Waals surface area contributed by atoms with Crippen LogP contribution in [0.2, 0.25) is 10.0 Å². The number of thioether (sulfide) groups is 1. The van der Waals surface area contributed by atoms with Gasteiger partial charge in [-0.15, -0.1) is 0 Å². The highest BCUT2D eigenvalue weighted by molar-refractivity contribution is 7.98. The smallest absolute Gasteiger partial charge is 0.166 e. The van der Waals surface area contributed by atoms with E-state index in [4.69, 9.17) is 23.2 Å². The van der Waals surface area contributed by atoms with Crippen LogP contribution in [0.5, 0.6) is 0 Å². The predicted octanol–water partition coefficient (Wildman–Crippen LogP) is 5.16. The van der Waals surface area contributed by atoms with Crippen molar-refractivity contribution in [2.75, 3.05) is 0 Å². The predicted molar refractivity (Wildman–Crippen MR) is 82.1 cm³/mol. The van der Waals surface area contributed by atoms with Gasteiger partial charge in [-0.3, -0.25) is 0 Å². The third-order valence-electron chi connectivity index (χ3n) is 2.78. The molecular weight excluding hydrogens is 299 g/mol. The fourth-order valence-corrected chi connectivity index (χ4v) is 3.44. The minimum atomic E-state index is 0.691. The zero-order valence-corrected chi connectivity index (χ0v) is 12.2. The van der Waals surface area contributed by atoms with Gasteiger partial charge in [0, 0.05) is 15.8 Å². The van der Waals surface area contributed by atoms with Crippen molar-refractivity contribution in [3.63, 3.8) is 0 Å². The van der Waals surface area contributed by atoms with E-state index in [9.17, 15) is 0 Å². The molecular formula is C14H10Cl2N2S. The summed E-state index contributed by atoms with van der Waals surface area (Å²) in [6.07, 6.45) is 0. The average molecular weight is 309 g/mol. The largest absolute Gasteiger partial charge is 0.333 e. The van der Waals surface area contributed by atoms with Gasteiger partial charge in [-0.2, -0.15) is 0 Å². The molecule has 19 heavy (non-hydrogen) atoms. The molecule has 0 atom stereocenters. The second-order valence-corrected chi connectivity index (χ2v) is 5.83. The molecule has 3 rings (SSSR count). The molecule has 0 amide bonds. The van der Waals surface area contributed by atoms with Crippen molar-refractivity contribution in [3.05, 3.63) is 58.1 Å².